The molecule has 1 aliphatic heterocycles. The molecule has 0 aromatic carbocycles. The second-order valence-corrected chi connectivity index (χ2v) is 6.44. The van der Waals surface area contributed by atoms with Crippen molar-refractivity contribution in [3.63, 3.8) is 0 Å². The number of carbonyl (C=O) groups excluding carboxylic acids is 1. The van der Waals surface area contributed by atoms with Crippen LogP contribution in [0.2, 0.25) is 0 Å². The molecule has 2 atom stereocenters. The molecule has 3 aromatic rings. The highest BCUT2D eigenvalue weighted by Gasteiger charge is 2.33. The van der Waals surface area contributed by atoms with Gasteiger partial charge in [0.1, 0.15) is 17.6 Å². The number of carbonyl (C=O) groups is 1. The van der Waals surface area contributed by atoms with E-state index in [2.05, 4.69) is 15.5 Å². The molecule has 1 aliphatic rings. The summed E-state index contributed by atoms with van der Waals surface area (Å²) in [5, 5.41) is 11.5. The molecular formula is C18H19N5O4. The first-order valence-electron chi connectivity index (χ1n) is 8.58. The quantitative estimate of drug-likeness (QED) is 0.736. The lowest BCUT2D eigenvalue weighted by molar-refractivity contribution is 0.0923. The number of aryl methyl sites for hydroxylation is 2. The normalized spacial score (nSPS) is 19.3. The van der Waals surface area contributed by atoms with Gasteiger partial charge < -0.3 is 14.5 Å². The first kappa shape index (κ1) is 17.2. The standard InChI is InChI=1S/C18H19N5O4/c1-11-8-13(12(2)27-11)18(25)20-14-9-26-10-15(14)23-17(24)5-4-16(21-23)22-7-3-6-19-22/h3-8,14-15H,9-10H2,1-2H3,(H,20,25). The van der Waals surface area contributed by atoms with Gasteiger partial charge in [0.05, 0.1) is 24.8 Å². The molecule has 0 spiro atoms. The van der Waals surface area contributed by atoms with Crippen LogP contribution in [0, 0.1) is 13.8 Å². The average Bonchev–Trinajstić information content (AvgIpc) is 3.37. The molecule has 140 valence electrons. The summed E-state index contributed by atoms with van der Waals surface area (Å²) in [4.78, 5) is 25.0. The van der Waals surface area contributed by atoms with Gasteiger partial charge in [-0.2, -0.15) is 5.10 Å². The summed E-state index contributed by atoms with van der Waals surface area (Å²) in [5.41, 5.74) is 0.208. The maximum absolute atomic E-state index is 12.6. The van der Waals surface area contributed by atoms with Gasteiger partial charge in [0.25, 0.3) is 11.5 Å². The zero-order chi connectivity index (χ0) is 19.0. The highest BCUT2D eigenvalue weighted by molar-refractivity contribution is 5.95. The first-order chi connectivity index (χ1) is 13.0. The molecule has 1 N–H and O–H groups in total. The van der Waals surface area contributed by atoms with Crippen LogP contribution in [-0.4, -0.2) is 44.7 Å². The molecule has 2 unspecified atom stereocenters. The predicted octanol–water partition coefficient (Wildman–Crippen LogP) is 1.01. The van der Waals surface area contributed by atoms with Crippen LogP contribution < -0.4 is 10.9 Å². The number of ether oxygens (including phenoxy) is 1. The predicted molar refractivity (Wildman–Crippen MR) is 94.9 cm³/mol. The molecular weight excluding hydrogens is 350 g/mol. The monoisotopic (exact) mass is 369 g/mol. The lowest BCUT2D eigenvalue weighted by Crippen LogP contribution is -2.44. The van der Waals surface area contributed by atoms with E-state index in [1.165, 1.54) is 10.7 Å². The Morgan fingerprint density at radius 3 is 2.85 bits per heavy atom. The third-order valence-corrected chi connectivity index (χ3v) is 4.52. The molecule has 0 aliphatic carbocycles. The van der Waals surface area contributed by atoms with Crippen molar-refractivity contribution < 1.29 is 13.9 Å². The van der Waals surface area contributed by atoms with E-state index in [0.29, 0.717) is 29.5 Å². The third-order valence-electron chi connectivity index (χ3n) is 4.52. The van der Waals surface area contributed by atoms with Crippen molar-refractivity contribution in [3.05, 3.63) is 64.1 Å². The van der Waals surface area contributed by atoms with E-state index < -0.39 is 6.04 Å². The van der Waals surface area contributed by atoms with Crippen LogP contribution in [0.3, 0.4) is 0 Å². The molecule has 9 heteroatoms. The topological polar surface area (TPSA) is 104 Å². The molecule has 9 nitrogen and oxygen atoms in total. The van der Waals surface area contributed by atoms with Crippen LogP contribution in [-0.2, 0) is 4.74 Å². The van der Waals surface area contributed by atoms with Crippen LogP contribution in [0.5, 0.6) is 0 Å². The van der Waals surface area contributed by atoms with Gasteiger partial charge in [-0.25, -0.2) is 9.36 Å². The van der Waals surface area contributed by atoms with E-state index >= 15 is 0 Å². The van der Waals surface area contributed by atoms with E-state index in [1.807, 2.05) is 0 Å². The minimum absolute atomic E-state index is 0.263. The SMILES string of the molecule is Cc1cc(C(=O)NC2COCC2n2nc(-n3cccn3)ccc2=O)c(C)o1. The summed E-state index contributed by atoms with van der Waals surface area (Å²) in [6.07, 6.45) is 3.37. The zero-order valence-electron chi connectivity index (χ0n) is 15.0. The smallest absolute Gasteiger partial charge is 0.267 e. The highest BCUT2D eigenvalue weighted by Crippen LogP contribution is 2.20. The largest absolute Gasteiger partial charge is 0.466 e. The van der Waals surface area contributed by atoms with Gasteiger partial charge in [-0.15, -0.1) is 5.10 Å². The van der Waals surface area contributed by atoms with E-state index in [1.54, 1.807) is 49.1 Å². The molecule has 0 bridgehead atoms. The number of amides is 1. The summed E-state index contributed by atoms with van der Waals surface area (Å²) in [6.45, 7) is 4.11. The summed E-state index contributed by atoms with van der Waals surface area (Å²) < 4.78 is 13.9. The van der Waals surface area contributed by atoms with Gasteiger partial charge in [-0.3, -0.25) is 9.59 Å². The van der Waals surface area contributed by atoms with Crippen LogP contribution in [0.25, 0.3) is 5.82 Å². The fourth-order valence-electron chi connectivity index (χ4n) is 3.20. The number of nitrogens with one attached hydrogen (secondary N) is 1. The molecule has 0 radical (unpaired) electrons. The molecule has 1 fully saturated rings. The van der Waals surface area contributed by atoms with Crippen molar-refractivity contribution in [1.29, 1.82) is 0 Å². The Bertz CT molecular complexity index is 1020. The summed E-state index contributed by atoms with van der Waals surface area (Å²) in [5.74, 6) is 1.47. The van der Waals surface area contributed by atoms with Crippen LogP contribution in [0.15, 0.2) is 45.9 Å². The Hall–Kier alpha value is -3.20. The van der Waals surface area contributed by atoms with E-state index in [9.17, 15) is 9.59 Å². The van der Waals surface area contributed by atoms with Crippen LogP contribution in [0.1, 0.15) is 27.9 Å². The van der Waals surface area contributed by atoms with E-state index in [4.69, 9.17) is 9.15 Å². The fraction of sp³-hybridized carbons (Fsp3) is 0.333. The van der Waals surface area contributed by atoms with Gasteiger partial charge >= 0.3 is 0 Å². The number of nitrogens with zero attached hydrogens (tertiary/aromatic N) is 4. The Morgan fingerprint density at radius 2 is 2.15 bits per heavy atom. The van der Waals surface area contributed by atoms with Crippen molar-refractivity contribution in [3.8, 4) is 5.82 Å². The van der Waals surface area contributed by atoms with E-state index in [0.717, 1.165) is 0 Å². The van der Waals surface area contributed by atoms with Gasteiger partial charge in [-0.05, 0) is 32.0 Å². The molecule has 0 saturated carbocycles. The maximum Gasteiger partial charge on any atom is 0.267 e. The zero-order valence-corrected chi connectivity index (χ0v) is 15.0. The first-order valence-corrected chi connectivity index (χ1v) is 8.58. The number of aromatic nitrogens is 4. The molecule has 3 aromatic heterocycles. The maximum atomic E-state index is 12.6. The molecule has 27 heavy (non-hydrogen) atoms. The Balaban J connectivity index is 1.60. The number of rotatable bonds is 4. The summed E-state index contributed by atoms with van der Waals surface area (Å²) in [6, 6.07) is 5.71. The van der Waals surface area contributed by atoms with Crippen molar-refractivity contribution in [2.75, 3.05) is 13.2 Å². The molecule has 4 rings (SSSR count). The van der Waals surface area contributed by atoms with Gasteiger partial charge in [0, 0.05) is 18.5 Å². The second kappa shape index (κ2) is 6.84. The molecule has 4 heterocycles. The molecule has 1 amide bonds. The van der Waals surface area contributed by atoms with Crippen molar-refractivity contribution >= 4 is 5.91 Å². The van der Waals surface area contributed by atoms with Crippen molar-refractivity contribution in [2.24, 2.45) is 0 Å². The van der Waals surface area contributed by atoms with E-state index in [-0.39, 0.29) is 24.1 Å². The minimum atomic E-state index is -0.412. The highest BCUT2D eigenvalue weighted by atomic mass is 16.5. The third kappa shape index (κ3) is 3.28. The van der Waals surface area contributed by atoms with Crippen LogP contribution in [0.4, 0.5) is 0 Å². The van der Waals surface area contributed by atoms with Crippen molar-refractivity contribution in [2.45, 2.75) is 25.9 Å². The van der Waals surface area contributed by atoms with Gasteiger partial charge in [0.15, 0.2) is 5.82 Å². The minimum Gasteiger partial charge on any atom is -0.466 e. The Labute approximate surface area is 154 Å². The average molecular weight is 369 g/mol. The van der Waals surface area contributed by atoms with Crippen molar-refractivity contribution in [1.82, 2.24) is 24.9 Å². The second-order valence-electron chi connectivity index (χ2n) is 6.44. The lowest BCUT2D eigenvalue weighted by atomic mass is 10.1. The summed E-state index contributed by atoms with van der Waals surface area (Å²) in [7, 11) is 0. The lowest BCUT2D eigenvalue weighted by Gasteiger charge is -2.20. The molecule has 1 saturated heterocycles. The van der Waals surface area contributed by atoms with Gasteiger partial charge in [0.2, 0.25) is 0 Å². The number of hydrogen-bond acceptors (Lipinski definition) is 6. The Kier molecular flexibility index (Phi) is 4.36. The Morgan fingerprint density at radius 1 is 1.30 bits per heavy atom. The number of furan rings is 1. The number of hydrogen-bond donors (Lipinski definition) is 1. The fourth-order valence-corrected chi connectivity index (χ4v) is 3.20. The van der Waals surface area contributed by atoms with Crippen LogP contribution >= 0.6 is 0 Å². The summed E-state index contributed by atoms with van der Waals surface area (Å²) >= 11 is 0. The van der Waals surface area contributed by atoms with Gasteiger partial charge in [-0.1, -0.05) is 0 Å².